The minimum atomic E-state index is -0.765. The Labute approximate surface area is 310 Å². The van der Waals surface area contributed by atoms with Crippen molar-refractivity contribution in [1.82, 2.24) is 10.3 Å². The van der Waals surface area contributed by atoms with Crippen LogP contribution in [-0.2, 0) is 25.7 Å². The Balaban J connectivity index is 1.10. The van der Waals surface area contributed by atoms with Gasteiger partial charge >= 0.3 is 5.97 Å². The van der Waals surface area contributed by atoms with Crippen LogP contribution in [0.15, 0.2) is 29.5 Å². The number of carbonyl (C=O) groups is 4. The molecule has 1 heterocycles. The first kappa shape index (κ1) is 37.3. The quantitative estimate of drug-likeness (QED) is 0.235. The molecule has 0 saturated heterocycles. The highest BCUT2D eigenvalue weighted by molar-refractivity contribution is 6.01. The molecular weight excluding hydrogens is 651 g/mol. The van der Waals surface area contributed by atoms with Crippen LogP contribution in [-0.4, -0.2) is 33.5 Å². The predicted octanol–water partition coefficient (Wildman–Crippen LogP) is 8.19. The van der Waals surface area contributed by atoms with Crippen molar-refractivity contribution in [3.05, 3.63) is 35.0 Å². The maximum absolute atomic E-state index is 13.9. The van der Waals surface area contributed by atoms with Gasteiger partial charge in [0, 0.05) is 43.3 Å². The Morgan fingerprint density at radius 2 is 1.69 bits per heavy atom. The second kappa shape index (κ2) is 13.1. The van der Waals surface area contributed by atoms with Gasteiger partial charge in [-0.3, -0.25) is 19.2 Å². The summed E-state index contributed by atoms with van der Waals surface area (Å²) in [4.78, 5) is 56.9. The molecule has 6 aliphatic carbocycles. The summed E-state index contributed by atoms with van der Waals surface area (Å²) < 4.78 is 0. The number of Topliss-reactive ketones (excluding diaryl/α,β-unsaturated/α-hetero) is 2. The number of hydrogen-bond donors (Lipinski definition) is 3. The fraction of sp³-hybridized carbons (Fsp3) is 0.750. The molecule has 1 aromatic heterocycles. The molecule has 7 rings (SSSR count). The molecule has 8 heteroatoms. The third kappa shape index (κ3) is 5.79. The Kier molecular flexibility index (Phi) is 9.38. The zero-order valence-corrected chi connectivity index (χ0v) is 32.7. The van der Waals surface area contributed by atoms with Crippen LogP contribution in [0.25, 0.3) is 0 Å². The van der Waals surface area contributed by atoms with Gasteiger partial charge in [-0.1, -0.05) is 60.1 Å². The number of carbonyl (C=O) groups excluding carboxylic acids is 3. The van der Waals surface area contributed by atoms with E-state index in [1.54, 1.807) is 12.3 Å². The molecule has 11 unspecified atom stereocenters. The molecule has 5 fully saturated rings. The molecular formula is C44H63N3O5. The molecule has 5 saturated carbocycles. The highest BCUT2D eigenvalue weighted by Crippen LogP contribution is 2.74. The first-order chi connectivity index (χ1) is 24.4. The van der Waals surface area contributed by atoms with Gasteiger partial charge in [-0.2, -0.15) is 0 Å². The molecule has 0 radical (unpaired) electrons. The van der Waals surface area contributed by atoms with E-state index in [4.69, 9.17) is 5.73 Å². The third-order valence-electron chi connectivity index (χ3n) is 16.8. The van der Waals surface area contributed by atoms with E-state index in [0.29, 0.717) is 67.6 Å². The number of ketones is 2. The van der Waals surface area contributed by atoms with Crippen molar-refractivity contribution < 1.29 is 24.3 Å². The molecule has 0 spiro atoms. The number of allylic oxidation sites excluding steroid dienone is 2. The second-order valence-electron chi connectivity index (χ2n) is 19.8. The normalized spacial score (nSPS) is 40.6. The predicted molar refractivity (Wildman–Crippen MR) is 201 cm³/mol. The monoisotopic (exact) mass is 713 g/mol. The van der Waals surface area contributed by atoms with Crippen LogP contribution in [0.4, 0.5) is 5.82 Å². The molecule has 0 aromatic carbocycles. The summed E-state index contributed by atoms with van der Waals surface area (Å²) in [5.74, 6) is 2.13. The number of carboxylic acids is 1. The number of nitrogens with two attached hydrogens (primary N) is 1. The highest BCUT2D eigenvalue weighted by Gasteiger charge is 2.66. The van der Waals surface area contributed by atoms with Crippen molar-refractivity contribution in [2.75, 3.05) is 5.73 Å². The first-order valence-electron chi connectivity index (χ1n) is 20.4. The minimum absolute atomic E-state index is 0.00411. The van der Waals surface area contributed by atoms with Gasteiger partial charge in [0.15, 0.2) is 5.78 Å². The van der Waals surface area contributed by atoms with Crippen LogP contribution in [0, 0.1) is 74.9 Å². The van der Waals surface area contributed by atoms with Gasteiger partial charge < -0.3 is 16.2 Å². The lowest BCUT2D eigenvalue weighted by atomic mass is 9.35. The minimum Gasteiger partial charge on any atom is -0.481 e. The van der Waals surface area contributed by atoms with Gasteiger partial charge in [-0.15, -0.1) is 0 Å². The number of aromatic nitrogens is 1. The number of hydrogen-bond acceptors (Lipinski definition) is 6. The number of rotatable bonds is 9. The van der Waals surface area contributed by atoms with Crippen LogP contribution in [0.5, 0.6) is 0 Å². The van der Waals surface area contributed by atoms with Crippen molar-refractivity contribution in [2.24, 2.45) is 74.9 Å². The van der Waals surface area contributed by atoms with E-state index in [9.17, 15) is 24.3 Å². The zero-order chi connectivity index (χ0) is 37.5. The number of nitrogens with one attached hydrogen (secondary N) is 1. The average Bonchev–Trinajstić information content (AvgIpc) is 3.36. The Hall–Kier alpha value is -3.03. The van der Waals surface area contributed by atoms with Gasteiger partial charge in [0.05, 0.1) is 5.92 Å². The van der Waals surface area contributed by atoms with Crippen molar-refractivity contribution >= 4 is 29.3 Å². The van der Waals surface area contributed by atoms with Crippen molar-refractivity contribution in [3.8, 4) is 0 Å². The van der Waals surface area contributed by atoms with E-state index in [2.05, 4.69) is 51.8 Å². The summed E-state index contributed by atoms with van der Waals surface area (Å²) in [5.41, 5.74) is 9.03. The van der Waals surface area contributed by atoms with E-state index < -0.39 is 5.97 Å². The summed E-state index contributed by atoms with van der Waals surface area (Å²) in [6.07, 6.45) is 12.3. The maximum Gasteiger partial charge on any atom is 0.306 e. The van der Waals surface area contributed by atoms with Crippen molar-refractivity contribution in [1.29, 1.82) is 0 Å². The third-order valence-corrected chi connectivity index (χ3v) is 16.8. The lowest BCUT2D eigenvalue weighted by Crippen LogP contribution is -2.62. The first-order valence-corrected chi connectivity index (χ1v) is 20.4. The molecule has 0 aliphatic heterocycles. The summed E-state index contributed by atoms with van der Waals surface area (Å²) in [5, 5.41) is 12.6. The number of nitrogens with zero attached hydrogens (tertiary/aromatic N) is 1. The van der Waals surface area contributed by atoms with Gasteiger partial charge in [-0.25, -0.2) is 4.98 Å². The second-order valence-corrected chi connectivity index (χ2v) is 19.8. The van der Waals surface area contributed by atoms with Crippen molar-refractivity contribution in [2.45, 2.75) is 132 Å². The van der Waals surface area contributed by atoms with Gasteiger partial charge in [0.1, 0.15) is 11.6 Å². The molecule has 11 atom stereocenters. The number of aliphatic carboxylic acids is 1. The number of amides is 1. The number of anilines is 1. The highest BCUT2D eigenvalue weighted by atomic mass is 16.4. The summed E-state index contributed by atoms with van der Waals surface area (Å²) in [6, 6.07) is 3.64. The molecule has 8 nitrogen and oxygen atoms in total. The van der Waals surface area contributed by atoms with E-state index in [1.807, 2.05) is 13.0 Å². The number of pyridine rings is 1. The van der Waals surface area contributed by atoms with E-state index in [-0.39, 0.29) is 62.8 Å². The van der Waals surface area contributed by atoms with E-state index in [0.717, 1.165) is 56.1 Å². The Morgan fingerprint density at radius 3 is 2.35 bits per heavy atom. The lowest BCUT2D eigenvalue weighted by molar-refractivity contribution is -0.193. The van der Waals surface area contributed by atoms with Crippen LogP contribution in [0.1, 0.15) is 131 Å². The zero-order valence-electron chi connectivity index (χ0n) is 32.7. The van der Waals surface area contributed by atoms with E-state index >= 15 is 0 Å². The summed E-state index contributed by atoms with van der Waals surface area (Å²) in [6.45, 7) is 16.7. The molecule has 1 amide bonds. The van der Waals surface area contributed by atoms with Gasteiger partial charge in [0.25, 0.3) is 0 Å². The molecule has 0 bridgehead atoms. The van der Waals surface area contributed by atoms with Crippen molar-refractivity contribution in [3.63, 3.8) is 0 Å². The SMILES string of the molecule is CC(C)C1=C2C3CCC4C(C)(CCC5C(C)(C)C(CC(=O)C6CC(C(=O)O)C6C)CCC54C)C3CCC2(CC(=O)NCc2ccc(N)nc2)CC1=O. The largest absolute Gasteiger partial charge is 0.481 e. The molecule has 284 valence electrons. The lowest BCUT2D eigenvalue weighted by Gasteiger charge is -2.69. The fourth-order valence-corrected chi connectivity index (χ4v) is 14.1. The van der Waals surface area contributed by atoms with Gasteiger partial charge in [0.2, 0.25) is 5.91 Å². The Bertz CT molecular complexity index is 1660. The average molecular weight is 714 g/mol. The topological polar surface area (TPSA) is 139 Å². The van der Waals surface area contributed by atoms with Crippen LogP contribution >= 0.6 is 0 Å². The smallest absolute Gasteiger partial charge is 0.306 e. The Morgan fingerprint density at radius 1 is 0.962 bits per heavy atom. The van der Waals surface area contributed by atoms with Crippen LogP contribution in [0.3, 0.4) is 0 Å². The summed E-state index contributed by atoms with van der Waals surface area (Å²) in [7, 11) is 0. The molecule has 6 aliphatic rings. The van der Waals surface area contributed by atoms with Crippen LogP contribution < -0.4 is 11.1 Å². The standard InChI is InChI=1S/C44H63N3O5/c1-24(2)38-33(49)20-44(21-37(50)47-23-26-8-11-36(45)46-22-26)17-13-31-28(39(38)44)9-10-35-42(31,6)16-14-34-41(4,5)27(12-15-43(34,35)7)18-32(48)29-19-30(25(29)3)40(51)52/h8,11,22,24-25,27-31,34-35H,9-10,12-21,23H2,1-7H3,(H2,45,46)(H,47,50)(H,51,52). The fourth-order valence-electron chi connectivity index (χ4n) is 14.1. The number of fused-ring (bicyclic) bond motifs is 7. The number of carboxylic acid groups (broad SMARTS) is 1. The summed E-state index contributed by atoms with van der Waals surface area (Å²) >= 11 is 0. The van der Waals surface area contributed by atoms with E-state index in [1.165, 1.54) is 12.0 Å². The maximum atomic E-state index is 13.9. The van der Waals surface area contributed by atoms with Crippen LogP contribution in [0.2, 0.25) is 0 Å². The molecule has 4 N–H and O–H groups in total. The van der Waals surface area contributed by atoms with Gasteiger partial charge in [-0.05, 0) is 133 Å². The molecule has 52 heavy (non-hydrogen) atoms. The number of nitrogen functional groups attached to an aromatic ring is 1. The molecule has 1 aromatic rings.